The molecule has 0 spiro atoms. The van der Waals surface area contributed by atoms with Crippen molar-refractivity contribution in [3.05, 3.63) is 63.8 Å². The molecule has 0 unspecified atom stereocenters. The number of rotatable bonds is 4. The molecule has 0 aliphatic rings. The van der Waals surface area contributed by atoms with Crippen LogP contribution in [-0.2, 0) is 6.54 Å². The fourth-order valence-corrected chi connectivity index (χ4v) is 2.39. The Morgan fingerprint density at radius 2 is 1.81 bits per heavy atom. The molecule has 1 heterocycles. The number of para-hydroxylation sites is 1. The lowest BCUT2D eigenvalue weighted by atomic mass is 10.2. The number of hydrogen-bond donors (Lipinski definition) is 1. The van der Waals surface area contributed by atoms with Crippen molar-refractivity contribution in [2.75, 3.05) is 5.32 Å². The van der Waals surface area contributed by atoms with Crippen molar-refractivity contribution in [2.45, 2.75) is 6.54 Å². The third kappa shape index (κ3) is 3.38. The van der Waals surface area contributed by atoms with Gasteiger partial charge in [0.1, 0.15) is 5.82 Å². The van der Waals surface area contributed by atoms with E-state index in [1.165, 1.54) is 12.1 Å². The molecule has 21 heavy (non-hydrogen) atoms. The van der Waals surface area contributed by atoms with Gasteiger partial charge >= 0.3 is 0 Å². The van der Waals surface area contributed by atoms with E-state index in [9.17, 15) is 4.39 Å². The maximum atomic E-state index is 12.9. The van der Waals surface area contributed by atoms with Crippen LogP contribution in [0.5, 0.6) is 0 Å². The van der Waals surface area contributed by atoms with Gasteiger partial charge in [0.25, 0.3) is 0 Å². The Labute approximate surface area is 134 Å². The Hall–Kier alpha value is -1.96. The molecule has 0 radical (unpaired) electrons. The fourth-order valence-electron chi connectivity index (χ4n) is 1.81. The van der Waals surface area contributed by atoms with E-state index in [0.29, 0.717) is 23.9 Å². The van der Waals surface area contributed by atoms with Gasteiger partial charge < -0.3 is 9.73 Å². The van der Waals surface area contributed by atoms with E-state index in [2.05, 4.69) is 38.1 Å². The maximum Gasteiger partial charge on any atom is 0.247 e. The number of halogens is 2. The van der Waals surface area contributed by atoms with Gasteiger partial charge in [0.15, 0.2) is 0 Å². The monoisotopic (exact) mass is 395 g/mol. The topological polar surface area (TPSA) is 51.0 Å². The van der Waals surface area contributed by atoms with Crippen LogP contribution in [0.1, 0.15) is 5.89 Å². The molecule has 6 heteroatoms. The second-order valence-corrected chi connectivity index (χ2v) is 5.50. The summed E-state index contributed by atoms with van der Waals surface area (Å²) in [6.07, 6.45) is 0. The minimum atomic E-state index is -0.293. The van der Waals surface area contributed by atoms with Gasteiger partial charge in [0, 0.05) is 14.8 Å². The quantitative estimate of drug-likeness (QED) is 0.677. The summed E-state index contributed by atoms with van der Waals surface area (Å²) in [5.74, 6) is 0.572. The van der Waals surface area contributed by atoms with Crippen molar-refractivity contribution < 1.29 is 8.81 Å². The zero-order valence-electron chi connectivity index (χ0n) is 10.9. The third-order valence-corrected chi connectivity index (χ3v) is 3.80. The van der Waals surface area contributed by atoms with Gasteiger partial charge in [-0.05, 0) is 59.0 Å². The van der Waals surface area contributed by atoms with Crippen molar-refractivity contribution >= 4 is 28.3 Å². The number of anilines is 1. The molecule has 2 aromatic carbocycles. The molecule has 0 bridgehead atoms. The molecular formula is C15H11FIN3O. The van der Waals surface area contributed by atoms with Gasteiger partial charge in [-0.25, -0.2) is 4.39 Å². The average Bonchev–Trinajstić information content (AvgIpc) is 2.96. The minimum absolute atomic E-state index is 0.293. The highest BCUT2D eigenvalue weighted by molar-refractivity contribution is 14.1. The smallest absolute Gasteiger partial charge is 0.247 e. The van der Waals surface area contributed by atoms with Crippen LogP contribution in [0.4, 0.5) is 10.1 Å². The van der Waals surface area contributed by atoms with Crippen LogP contribution >= 0.6 is 22.6 Å². The van der Waals surface area contributed by atoms with E-state index in [4.69, 9.17) is 4.42 Å². The van der Waals surface area contributed by atoms with Gasteiger partial charge in [-0.2, -0.15) is 0 Å². The van der Waals surface area contributed by atoms with Crippen LogP contribution in [0.2, 0.25) is 0 Å². The van der Waals surface area contributed by atoms with Gasteiger partial charge in [0.2, 0.25) is 11.8 Å². The van der Waals surface area contributed by atoms with E-state index >= 15 is 0 Å². The lowest BCUT2D eigenvalue weighted by Gasteiger charge is -2.05. The number of benzene rings is 2. The van der Waals surface area contributed by atoms with E-state index in [1.54, 1.807) is 12.1 Å². The molecule has 1 aromatic heterocycles. The molecule has 4 nitrogen and oxygen atoms in total. The molecule has 106 valence electrons. The summed E-state index contributed by atoms with van der Waals surface area (Å²) < 4.78 is 19.6. The summed E-state index contributed by atoms with van der Waals surface area (Å²) in [6, 6.07) is 13.9. The standard InChI is InChI=1S/C15H11FIN3O/c16-11-7-5-10(6-8-11)15-20-19-14(21-15)9-18-13-4-2-1-3-12(13)17/h1-8,18H,9H2. The first-order valence-corrected chi connectivity index (χ1v) is 7.37. The molecule has 0 saturated heterocycles. The second-order valence-electron chi connectivity index (χ2n) is 4.34. The van der Waals surface area contributed by atoms with Crippen molar-refractivity contribution in [3.8, 4) is 11.5 Å². The molecule has 3 rings (SSSR count). The van der Waals surface area contributed by atoms with Gasteiger partial charge in [0.05, 0.1) is 6.54 Å². The van der Waals surface area contributed by atoms with E-state index in [0.717, 1.165) is 9.26 Å². The summed E-state index contributed by atoms with van der Waals surface area (Å²) in [6.45, 7) is 0.439. The zero-order chi connectivity index (χ0) is 14.7. The Balaban J connectivity index is 1.71. The Morgan fingerprint density at radius 3 is 2.57 bits per heavy atom. The van der Waals surface area contributed by atoms with Crippen LogP contribution in [0.15, 0.2) is 52.9 Å². The molecule has 0 aliphatic heterocycles. The molecular weight excluding hydrogens is 384 g/mol. The summed E-state index contributed by atoms with van der Waals surface area (Å²) >= 11 is 2.26. The number of hydrogen-bond acceptors (Lipinski definition) is 4. The van der Waals surface area contributed by atoms with Crippen molar-refractivity contribution in [2.24, 2.45) is 0 Å². The first-order chi connectivity index (χ1) is 10.2. The normalized spacial score (nSPS) is 10.6. The van der Waals surface area contributed by atoms with Crippen molar-refractivity contribution in [1.82, 2.24) is 10.2 Å². The van der Waals surface area contributed by atoms with Crippen LogP contribution in [0, 0.1) is 9.39 Å². The first-order valence-electron chi connectivity index (χ1n) is 6.29. The SMILES string of the molecule is Fc1ccc(-c2nnc(CNc3ccccc3I)o2)cc1. The summed E-state index contributed by atoms with van der Waals surface area (Å²) in [5, 5.41) is 11.2. The van der Waals surface area contributed by atoms with E-state index in [-0.39, 0.29) is 5.82 Å². The van der Waals surface area contributed by atoms with Gasteiger partial charge in [-0.1, -0.05) is 12.1 Å². The number of nitrogens with one attached hydrogen (secondary N) is 1. The highest BCUT2D eigenvalue weighted by Crippen LogP contribution is 2.20. The van der Waals surface area contributed by atoms with Gasteiger partial charge in [-0.3, -0.25) is 0 Å². The predicted octanol–water partition coefficient (Wildman–Crippen LogP) is 4.09. The Bertz CT molecular complexity index is 743. The van der Waals surface area contributed by atoms with E-state index in [1.807, 2.05) is 24.3 Å². The summed E-state index contributed by atoms with van der Waals surface area (Å²) in [5.41, 5.74) is 1.71. The molecule has 0 amide bonds. The first kappa shape index (κ1) is 14.0. The Kier molecular flexibility index (Phi) is 4.14. The molecule has 0 saturated carbocycles. The summed E-state index contributed by atoms with van der Waals surface area (Å²) in [4.78, 5) is 0. The lowest BCUT2D eigenvalue weighted by Crippen LogP contribution is -2.00. The predicted molar refractivity (Wildman–Crippen MR) is 86.2 cm³/mol. The average molecular weight is 395 g/mol. The molecule has 3 aromatic rings. The molecule has 0 atom stereocenters. The van der Waals surface area contributed by atoms with Crippen LogP contribution in [0.3, 0.4) is 0 Å². The van der Waals surface area contributed by atoms with E-state index < -0.39 is 0 Å². The van der Waals surface area contributed by atoms with Gasteiger partial charge in [-0.15, -0.1) is 10.2 Å². The lowest BCUT2D eigenvalue weighted by molar-refractivity contribution is 0.515. The minimum Gasteiger partial charge on any atom is -0.419 e. The van der Waals surface area contributed by atoms with Crippen LogP contribution in [0.25, 0.3) is 11.5 Å². The number of aromatic nitrogens is 2. The molecule has 0 aliphatic carbocycles. The third-order valence-electron chi connectivity index (χ3n) is 2.86. The second kappa shape index (κ2) is 6.21. The molecule has 1 N–H and O–H groups in total. The Morgan fingerprint density at radius 1 is 1.05 bits per heavy atom. The highest BCUT2D eigenvalue weighted by atomic mass is 127. The zero-order valence-corrected chi connectivity index (χ0v) is 13.0. The maximum absolute atomic E-state index is 12.9. The van der Waals surface area contributed by atoms with Crippen LogP contribution < -0.4 is 5.32 Å². The van der Waals surface area contributed by atoms with Crippen molar-refractivity contribution in [3.63, 3.8) is 0 Å². The number of nitrogens with zero attached hydrogens (tertiary/aromatic N) is 2. The largest absolute Gasteiger partial charge is 0.419 e. The highest BCUT2D eigenvalue weighted by Gasteiger charge is 2.09. The van der Waals surface area contributed by atoms with Crippen LogP contribution in [-0.4, -0.2) is 10.2 Å². The summed E-state index contributed by atoms with van der Waals surface area (Å²) in [7, 11) is 0. The van der Waals surface area contributed by atoms with Crippen molar-refractivity contribution in [1.29, 1.82) is 0 Å². The fraction of sp³-hybridized carbons (Fsp3) is 0.0667. The molecule has 0 fully saturated rings.